The molecule has 0 fully saturated rings. The van der Waals surface area contributed by atoms with E-state index < -0.39 is 0 Å². The van der Waals surface area contributed by atoms with Gasteiger partial charge in [0.05, 0.1) is 6.04 Å². The molecule has 0 saturated heterocycles. The minimum absolute atomic E-state index is 0.0479. The molecule has 0 aliphatic heterocycles. The molecule has 0 spiro atoms. The molecule has 3 rings (SSSR count). The summed E-state index contributed by atoms with van der Waals surface area (Å²) in [5, 5.41) is 3.41. The van der Waals surface area contributed by atoms with Crippen LogP contribution in [0.2, 0.25) is 0 Å². The van der Waals surface area contributed by atoms with E-state index in [0.717, 1.165) is 6.42 Å². The molecule has 3 aromatic rings. The Morgan fingerprint density at radius 1 is 1.05 bits per heavy atom. The fourth-order valence-electron chi connectivity index (χ4n) is 2.40. The van der Waals surface area contributed by atoms with Crippen LogP contribution in [0.5, 0.6) is 0 Å². The number of rotatable bonds is 3. The van der Waals surface area contributed by atoms with Crippen molar-refractivity contribution in [1.82, 2.24) is 0 Å². The molecule has 1 heterocycles. The summed E-state index contributed by atoms with van der Waals surface area (Å²) in [4.78, 5) is 0. The lowest BCUT2D eigenvalue weighted by atomic mass is 9.97. The van der Waals surface area contributed by atoms with Gasteiger partial charge in [0.1, 0.15) is 0 Å². The van der Waals surface area contributed by atoms with Gasteiger partial charge in [-0.3, -0.25) is 0 Å². The summed E-state index contributed by atoms with van der Waals surface area (Å²) in [6, 6.07) is 17.1. The average Bonchev–Trinajstić information content (AvgIpc) is 2.95. The molecule has 0 aliphatic rings. The Balaban J connectivity index is 2.02. The molecule has 19 heavy (non-hydrogen) atoms. The highest BCUT2D eigenvalue weighted by Gasteiger charge is 2.12. The number of thiophene rings is 1. The third-order valence-corrected chi connectivity index (χ3v) is 4.57. The Morgan fingerprint density at radius 2 is 1.84 bits per heavy atom. The summed E-state index contributed by atoms with van der Waals surface area (Å²) in [5.74, 6) is 0. The highest BCUT2D eigenvalue weighted by molar-refractivity contribution is 7.17. The lowest BCUT2D eigenvalue weighted by molar-refractivity contribution is 0.880. The van der Waals surface area contributed by atoms with Crippen LogP contribution in [0, 0.1) is 0 Å². The van der Waals surface area contributed by atoms with E-state index in [0.29, 0.717) is 0 Å². The topological polar surface area (TPSA) is 26.0 Å². The van der Waals surface area contributed by atoms with Crippen LogP contribution in [-0.2, 0) is 6.42 Å². The Kier molecular flexibility index (Phi) is 3.36. The predicted molar refractivity (Wildman–Crippen MR) is 83.7 cm³/mol. The molecule has 2 N–H and O–H groups in total. The monoisotopic (exact) mass is 267 g/mol. The van der Waals surface area contributed by atoms with Crippen molar-refractivity contribution < 1.29 is 0 Å². The molecule has 1 atom stereocenters. The zero-order valence-corrected chi connectivity index (χ0v) is 11.8. The highest BCUT2D eigenvalue weighted by atomic mass is 32.1. The number of benzene rings is 2. The Hall–Kier alpha value is -1.64. The second kappa shape index (κ2) is 5.16. The lowest BCUT2D eigenvalue weighted by Crippen LogP contribution is -2.11. The predicted octanol–water partition coefficient (Wildman–Crippen LogP) is 4.51. The van der Waals surface area contributed by atoms with Gasteiger partial charge in [0, 0.05) is 4.70 Å². The van der Waals surface area contributed by atoms with Gasteiger partial charge in [0.15, 0.2) is 0 Å². The smallest absolute Gasteiger partial charge is 0.0565 e. The Labute approximate surface area is 117 Å². The Bertz CT molecular complexity index is 682. The zero-order valence-electron chi connectivity index (χ0n) is 11.0. The summed E-state index contributed by atoms with van der Waals surface area (Å²) < 4.78 is 1.30. The fraction of sp³-hybridized carbons (Fsp3) is 0.176. The molecule has 1 nitrogen and oxygen atoms in total. The van der Waals surface area contributed by atoms with E-state index in [-0.39, 0.29) is 6.04 Å². The van der Waals surface area contributed by atoms with Crippen molar-refractivity contribution in [3.63, 3.8) is 0 Å². The Morgan fingerprint density at radius 3 is 2.58 bits per heavy atom. The van der Waals surface area contributed by atoms with E-state index in [1.807, 2.05) is 0 Å². The number of hydrogen-bond acceptors (Lipinski definition) is 2. The van der Waals surface area contributed by atoms with E-state index >= 15 is 0 Å². The van der Waals surface area contributed by atoms with Crippen molar-refractivity contribution in [2.75, 3.05) is 0 Å². The first-order chi connectivity index (χ1) is 9.29. The number of hydrogen-bond donors (Lipinski definition) is 1. The van der Waals surface area contributed by atoms with Crippen LogP contribution in [0.3, 0.4) is 0 Å². The largest absolute Gasteiger partial charge is 0.320 e. The molecule has 0 radical (unpaired) electrons. The normalized spacial score (nSPS) is 12.7. The number of nitrogens with two attached hydrogens (primary N) is 1. The van der Waals surface area contributed by atoms with Crippen LogP contribution in [0.25, 0.3) is 10.1 Å². The fourth-order valence-corrected chi connectivity index (χ4v) is 3.36. The van der Waals surface area contributed by atoms with E-state index in [9.17, 15) is 0 Å². The number of fused-ring (bicyclic) bond motifs is 1. The van der Waals surface area contributed by atoms with Gasteiger partial charge < -0.3 is 5.73 Å². The van der Waals surface area contributed by atoms with Crippen molar-refractivity contribution in [1.29, 1.82) is 0 Å². The third kappa shape index (κ3) is 2.29. The molecule has 1 aromatic heterocycles. The first kappa shape index (κ1) is 12.4. The minimum atomic E-state index is -0.0479. The first-order valence-corrected chi connectivity index (χ1v) is 7.48. The van der Waals surface area contributed by atoms with Crippen molar-refractivity contribution in [3.05, 3.63) is 70.6 Å². The molecule has 0 aliphatic carbocycles. The maximum absolute atomic E-state index is 6.44. The van der Waals surface area contributed by atoms with Gasteiger partial charge in [0.25, 0.3) is 0 Å². The highest BCUT2D eigenvalue weighted by Crippen LogP contribution is 2.31. The van der Waals surface area contributed by atoms with Crippen molar-refractivity contribution in [2.24, 2.45) is 5.73 Å². The van der Waals surface area contributed by atoms with Gasteiger partial charge >= 0.3 is 0 Å². The maximum atomic E-state index is 6.44. The van der Waals surface area contributed by atoms with Gasteiger partial charge in [-0.25, -0.2) is 0 Å². The van der Waals surface area contributed by atoms with Crippen LogP contribution in [0.15, 0.2) is 53.9 Å². The summed E-state index contributed by atoms with van der Waals surface area (Å²) >= 11 is 1.76. The molecule has 96 valence electrons. The van der Waals surface area contributed by atoms with Gasteiger partial charge in [-0.2, -0.15) is 0 Å². The van der Waals surface area contributed by atoms with Crippen LogP contribution >= 0.6 is 11.3 Å². The summed E-state index contributed by atoms with van der Waals surface area (Å²) in [6.45, 7) is 2.17. The lowest BCUT2D eigenvalue weighted by Gasteiger charge is -2.14. The van der Waals surface area contributed by atoms with E-state index in [2.05, 4.69) is 60.8 Å². The second-order valence-electron chi connectivity index (χ2n) is 4.76. The van der Waals surface area contributed by atoms with Crippen LogP contribution < -0.4 is 5.73 Å². The van der Waals surface area contributed by atoms with Crippen molar-refractivity contribution in [2.45, 2.75) is 19.4 Å². The zero-order chi connectivity index (χ0) is 13.2. The summed E-state index contributed by atoms with van der Waals surface area (Å²) in [5.41, 5.74) is 10.2. The molecule has 2 heteroatoms. The van der Waals surface area contributed by atoms with E-state index in [1.165, 1.54) is 26.8 Å². The van der Waals surface area contributed by atoms with E-state index in [4.69, 9.17) is 5.73 Å². The quantitative estimate of drug-likeness (QED) is 0.742. The maximum Gasteiger partial charge on any atom is 0.0565 e. The van der Waals surface area contributed by atoms with Crippen molar-refractivity contribution in [3.8, 4) is 0 Å². The van der Waals surface area contributed by atoms with Crippen LogP contribution in [0.4, 0.5) is 0 Å². The first-order valence-electron chi connectivity index (χ1n) is 6.60. The average molecular weight is 267 g/mol. The molecule has 2 aromatic carbocycles. The molecular formula is C17H17NS. The van der Waals surface area contributed by atoms with Crippen LogP contribution in [-0.4, -0.2) is 0 Å². The van der Waals surface area contributed by atoms with Gasteiger partial charge in [-0.15, -0.1) is 11.3 Å². The molecule has 1 unspecified atom stereocenters. The molecular weight excluding hydrogens is 250 g/mol. The molecule has 0 saturated carbocycles. The minimum Gasteiger partial charge on any atom is -0.320 e. The number of aryl methyl sites for hydroxylation is 1. The van der Waals surface area contributed by atoms with Crippen molar-refractivity contribution >= 4 is 21.4 Å². The second-order valence-corrected chi connectivity index (χ2v) is 5.68. The SMILES string of the molecule is CCc1ccc(C(N)c2cccc3ccsc23)cc1. The van der Waals surface area contributed by atoms with Gasteiger partial charge in [-0.1, -0.05) is 49.4 Å². The summed E-state index contributed by atoms with van der Waals surface area (Å²) in [7, 11) is 0. The standard InChI is InChI=1S/C17H17NS/c1-2-12-6-8-13(9-7-12)16(18)15-5-3-4-14-10-11-19-17(14)15/h3-11,16H,2,18H2,1H3. The summed E-state index contributed by atoms with van der Waals surface area (Å²) in [6.07, 6.45) is 1.07. The van der Waals surface area contributed by atoms with Crippen LogP contribution in [0.1, 0.15) is 29.7 Å². The third-order valence-electron chi connectivity index (χ3n) is 3.59. The molecule has 0 amide bonds. The molecule has 0 bridgehead atoms. The van der Waals surface area contributed by atoms with E-state index in [1.54, 1.807) is 11.3 Å². The van der Waals surface area contributed by atoms with Gasteiger partial charge in [0.2, 0.25) is 0 Å². The van der Waals surface area contributed by atoms with Gasteiger partial charge in [-0.05, 0) is 39.9 Å².